The summed E-state index contributed by atoms with van der Waals surface area (Å²) < 4.78 is 0. The molecule has 3 aromatic rings. The molecule has 2 atom stereocenters. The Labute approximate surface area is 221 Å². The molecule has 0 radical (unpaired) electrons. The van der Waals surface area contributed by atoms with Crippen LogP contribution in [0.25, 0.3) is 0 Å². The number of amides is 4. The summed E-state index contributed by atoms with van der Waals surface area (Å²) in [6.07, 6.45) is 4.22. The van der Waals surface area contributed by atoms with Crippen LogP contribution in [0, 0.1) is 11.8 Å². The zero-order chi connectivity index (χ0) is 26.6. The van der Waals surface area contributed by atoms with Gasteiger partial charge in [-0.1, -0.05) is 48.0 Å². The van der Waals surface area contributed by atoms with Crippen molar-refractivity contribution in [2.45, 2.75) is 32.6 Å². The molecule has 0 spiro atoms. The van der Waals surface area contributed by atoms with E-state index in [1.54, 1.807) is 48.5 Å². The lowest BCUT2D eigenvalue weighted by atomic mass is 9.82. The van der Waals surface area contributed by atoms with Crippen LogP contribution >= 0.6 is 0 Å². The molecule has 7 nitrogen and oxygen atoms in total. The summed E-state index contributed by atoms with van der Waals surface area (Å²) in [5.74, 6) is -1.52. The smallest absolute Gasteiger partial charge is 0.255 e. The minimum Gasteiger partial charge on any atom is -0.326 e. The zero-order valence-electron chi connectivity index (χ0n) is 21.1. The van der Waals surface area contributed by atoms with Crippen molar-refractivity contribution in [3.05, 3.63) is 102 Å². The summed E-state index contributed by atoms with van der Waals surface area (Å²) in [5, 5.41) is 5.70. The predicted molar refractivity (Wildman–Crippen MR) is 147 cm³/mol. The largest absolute Gasteiger partial charge is 0.326 e. The lowest BCUT2D eigenvalue weighted by Gasteiger charge is -2.18. The van der Waals surface area contributed by atoms with Crippen molar-refractivity contribution in [3.8, 4) is 0 Å². The maximum Gasteiger partial charge on any atom is 0.255 e. The molecule has 7 heteroatoms. The first-order valence-electron chi connectivity index (χ1n) is 12.8. The number of hydrogen-bond acceptors (Lipinski definition) is 4. The van der Waals surface area contributed by atoms with E-state index in [-0.39, 0.29) is 35.5 Å². The number of anilines is 3. The molecular weight excluding hydrogens is 478 g/mol. The fraction of sp³-hybridized carbons (Fsp3) is 0.226. The van der Waals surface area contributed by atoms with E-state index in [1.165, 1.54) is 4.90 Å². The molecular formula is C31H29N3O4. The van der Waals surface area contributed by atoms with Gasteiger partial charge in [-0.25, -0.2) is 0 Å². The Kier molecular flexibility index (Phi) is 7.18. The van der Waals surface area contributed by atoms with Crippen LogP contribution in [0.15, 0.2) is 90.5 Å². The monoisotopic (exact) mass is 507 g/mol. The molecule has 38 heavy (non-hydrogen) atoms. The predicted octanol–water partition coefficient (Wildman–Crippen LogP) is 5.36. The van der Waals surface area contributed by atoms with Gasteiger partial charge in [0.2, 0.25) is 17.7 Å². The second-order valence-electron chi connectivity index (χ2n) is 9.83. The lowest BCUT2D eigenvalue weighted by Crippen LogP contribution is -2.31. The third-order valence-corrected chi connectivity index (χ3v) is 7.10. The fourth-order valence-electron chi connectivity index (χ4n) is 5.04. The van der Waals surface area contributed by atoms with Gasteiger partial charge in [0.1, 0.15) is 0 Å². The van der Waals surface area contributed by atoms with Gasteiger partial charge < -0.3 is 10.6 Å². The van der Waals surface area contributed by atoms with E-state index in [4.69, 9.17) is 0 Å². The third-order valence-electron chi connectivity index (χ3n) is 7.10. The van der Waals surface area contributed by atoms with E-state index >= 15 is 0 Å². The minimum atomic E-state index is -0.361. The summed E-state index contributed by atoms with van der Waals surface area (Å²) in [4.78, 5) is 52.5. The van der Waals surface area contributed by atoms with E-state index in [1.807, 2.05) is 43.3 Å². The molecule has 0 bridgehead atoms. The standard InChI is InChI=1S/C31H29N3O4/c1-20-10-16-26-27(18-20)31(38)34(30(26)37)25-9-5-8-22(19-25)29(36)33-24-14-12-23(13-15-24)32-28(35)17-11-21-6-3-2-4-7-21/h2-10,12-15,19,26-27H,11,16-18H2,1H3,(H,32,35)(H,33,36)/t26-,27+/m0/s1. The molecule has 1 aliphatic carbocycles. The van der Waals surface area contributed by atoms with Crippen LogP contribution in [-0.4, -0.2) is 23.6 Å². The van der Waals surface area contributed by atoms with Crippen LogP contribution in [-0.2, 0) is 20.8 Å². The van der Waals surface area contributed by atoms with Crippen molar-refractivity contribution >= 4 is 40.7 Å². The van der Waals surface area contributed by atoms with Crippen molar-refractivity contribution in [1.82, 2.24) is 0 Å². The molecule has 5 rings (SSSR count). The highest BCUT2D eigenvalue weighted by atomic mass is 16.2. The van der Waals surface area contributed by atoms with Gasteiger partial charge in [0.15, 0.2) is 0 Å². The Balaban J connectivity index is 1.19. The number of imide groups is 1. The number of rotatable bonds is 7. The molecule has 192 valence electrons. The molecule has 1 fully saturated rings. The van der Waals surface area contributed by atoms with Gasteiger partial charge in [0.25, 0.3) is 5.91 Å². The summed E-state index contributed by atoms with van der Waals surface area (Å²) in [6.45, 7) is 1.98. The van der Waals surface area contributed by atoms with Crippen molar-refractivity contribution in [2.75, 3.05) is 15.5 Å². The molecule has 2 aliphatic rings. The van der Waals surface area contributed by atoms with Gasteiger partial charge in [0, 0.05) is 23.4 Å². The maximum absolute atomic E-state index is 13.0. The summed E-state index contributed by atoms with van der Waals surface area (Å²) in [5.41, 5.74) is 4.18. The number of benzene rings is 3. The van der Waals surface area contributed by atoms with Crippen LogP contribution in [0.1, 0.15) is 42.1 Å². The molecule has 0 saturated carbocycles. The molecule has 4 amide bonds. The third kappa shape index (κ3) is 5.42. The highest BCUT2D eigenvalue weighted by Gasteiger charge is 2.48. The van der Waals surface area contributed by atoms with E-state index in [0.717, 1.165) is 11.1 Å². The van der Waals surface area contributed by atoms with Gasteiger partial charge in [-0.2, -0.15) is 0 Å². The average Bonchev–Trinajstić information content (AvgIpc) is 3.18. The topological polar surface area (TPSA) is 95.6 Å². The van der Waals surface area contributed by atoms with E-state index < -0.39 is 0 Å². The molecule has 0 unspecified atom stereocenters. The van der Waals surface area contributed by atoms with Crippen LogP contribution in [0.5, 0.6) is 0 Å². The molecule has 1 saturated heterocycles. The maximum atomic E-state index is 13.0. The Morgan fingerprint density at radius 2 is 1.53 bits per heavy atom. The summed E-state index contributed by atoms with van der Waals surface area (Å²) in [6, 6.07) is 23.3. The van der Waals surface area contributed by atoms with Gasteiger partial charge in [-0.15, -0.1) is 0 Å². The number of carbonyl (C=O) groups excluding carboxylic acids is 4. The second-order valence-corrected chi connectivity index (χ2v) is 9.83. The van der Waals surface area contributed by atoms with Crippen LogP contribution in [0.4, 0.5) is 17.1 Å². The van der Waals surface area contributed by atoms with Crippen molar-refractivity contribution in [1.29, 1.82) is 0 Å². The highest BCUT2D eigenvalue weighted by Crippen LogP contribution is 2.39. The lowest BCUT2D eigenvalue weighted by molar-refractivity contribution is -0.122. The van der Waals surface area contributed by atoms with Crippen LogP contribution in [0.3, 0.4) is 0 Å². The molecule has 1 aliphatic heterocycles. The van der Waals surface area contributed by atoms with Gasteiger partial charge in [-0.3, -0.25) is 24.1 Å². The number of nitrogens with one attached hydrogen (secondary N) is 2. The first-order valence-corrected chi connectivity index (χ1v) is 12.8. The quantitative estimate of drug-likeness (QED) is 0.333. The normalized spacial score (nSPS) is 18.6. The van der Waals surface area contributed by atoms with E-state index in [2.05, 4.69) is 10.6 Å². The Hall–Kier alpha value is -4.52. The second kappa shape index (κ2) is 10.8. The van der Waals surface area contributed by atoms with E-state index in [0.29, 0.717) is 48.3 Å². The average molecular weight is 508 g/mol. The zero-order valence-corrected chi connectivity index (χ0v) is 21.1. The van der Waals surface area contributed by atoms with Gasteiger partial charge in [0.05, 0.1) is 17.5 Å². The first-order chi connectivity index (χ1) is 18.4. The Bertz CT molecular complexity index is 1410. The Morgan fingerprint density at radius 1 is 0.842 bits per heavy atom. The number of nitrogens with zero attached hydrogens (tertiary/aromatic N) is 1. The summed E-state index contributed by atoms with van der Waals surface area (Å²) >= 11 is 0. The molecule has 0 aromatic heterocycles. The first kappa shape index (κ1) is 25.1. The minimum absolute atomic E-state index is 0.0840. The number of hydrogen-bond donors (Lipinski definition) is 2. The number of aryl methyl sites for hydroxylation is 1. The Morgan fingerprint density at radius 3 is 2.26 bits per heavy atom. The molecule has 1 heterocycles. The molecule has 2 N–H and O–H groups in total. The number of allylic oxidation sites excluding steroid dienone is 2. The van der Waals surface area contributed by atoms with Crippen molar-refractivity contribution in [3.63, 3.8) is 0 Å². The van der Waals surface area contributed by atoms with Crippen molar-refractivity contribution < 1.29 is 19.2 Å². The molecule has 3 aromatic carbocycles. The van der Waals surface area contributed by atoms with Gasteiger partial charge >= 0.3 is 0 Å². The van der Waals surface area contributed by atoms with Crippen LogP contribution < -0.4 is 15.5 Å². The number of carbonyl (C=O) groups is 4. The number of fused-ring (bicyclic) bond motifs is 1. The fourth-order valence-corrected chi connectivity index (χ4v) is 5.04. The van der Waals surface area contributed by atoms with Gasteiger partial charge in [-0.05, 0) is 74.2 Å². The van der Waals surface area contributed by atoms with Crippen molar-refractivity contribution in [2.24, 2.45) is 11.8 Å². The van der Waals surface area contributed by atoms with E-state index in [9.17, 15) is 19.2 Å². The SMILES string of the molecule is CC1=CC[C@@H]2C(=O)N(c3cccc(C(=O)Nc4ccc(NC(=O)CCc5ccccc5)cc4)c3)C(=O)[C@@H]2C1. The summed E-state index contributed by atoms with van der Waals surface area (Å²) in [7, 11) is 0. The highest BCUT2D eigenvalue weighted by molar-refractivity contribution is 6.22. The van der Waals surface area contributed by atoms with Crippen LogP contribution in [0.2, 0.25) is 0 Å².